The van der Waals surface area contributed by atoms with Crippen LogP contribution in [0.4, 0.5) is 5.82 Å². The molecule has 0 atom stereocenters. The Balaban J connectivity index is 1.39. The Bertz CT molecular complexity index is 669. The summed E-state index contributed by atoms with van der Waals surface area (Å²) in [7, 11) is 1.57. The van der Waals surface area contributed by atoms with E-state index in [2.05, 4.69) is 31.6 Å². The second kappa shape index (κ2) is 8.80. The van der Waals surface area contributed by atoms with Gasteiger partial charge in [0, 0.05) is 37.1 Å². The highest BCUT2D eigenvalue weighted by Crippen LogP contribution is 2.24. The molecule has 1 saturated heterocycles. The van der Waals surface area contributed by atoms with Crippen LogP contribution in [0, 0.1) is 5.92 Å². The number of rotatable bonds is 7. The lowest BCUT2D eigenvalue weighted by atomic mass is 9.93. The van der Waals surface area contributed by atoms with Crippen LogP contribution in [0.15, 0.2) is 29.8 Å². The lowest BCUT2D eigenvalue weighted by molar-refractivity contribution is -0.122. The fraction of sp³-hybridized carbons (Fsp3) is 0.500. The first kappa shape index (κ1) is 17.7. The first-order valence-electron chi connectivity index (χ1n) is 8.65. The number of nitrogens with one attached hydrogen (secondary N) is 1. The number of amides is 1. The predicted octanol–water partition coefficient (Wildman–Crippen LogP) is 2.51. The number of thiophene rings is 1. The van der Waals surface area contributed by atoms with Crippen LogP contribution in [0.2, 0.25) is 0 Å². The molecule has 1 aliphatic rings. The molecule has 3 rings (SSSR count). The van der Waals surface area contributed by atoms with Gasteiger partial charge in [0.05, 0.1) is 7.11 Å². The number of aromatic nitrogens is 2. The van der Waals surface area contributed by atoms with Crippen LogP contribution in [0.25, 0.3) is 0 Å². The highest BCUT2D eigenvalue weighted by Gasteiger charge is 2.22. The van der Waals surface area contributed by atoms with Gasteiger partial charge >= 0.3 is 6.01 Å². The predicted molar refractivity (Wildman–Crippen MR) is 99.2 cm³/mol. The summed E-state index contributed by atoms with van der Waals surface area (Å²) in [5, 5.41) is 5.11. The van der Waals surface area contributed by atoms with E-state index in [1.54, 1.807) is 24.6 Å². The molecule has 0 bridgehead atoms. The third-order valence-corrected chi connectivity index (χ3v) is 5.42. The van der Waals surface area contributed by atoms with Crippen LogP contribution in [0.3, 0.4) is 0 Å². The molecule has 0 aromatic carbocycles. The number of piperidine rings is 1. The Morgan fingerprint density at radius 2 is 2.24 bits per heavy atom. The van der Waals surface area contributed by atoms with Gasteiger partial charge < -0.3 is 15.0 Å². The number of anilines is 1. The molecule has 2 aromatic heterocycles. The van der Waals surface area contributed by atoms with Gasteiger partial charge in [-0.05, 0) is 42.7 Å². The first-order chi connectivity index (χ1) is 12.2. The van der Waals surface area contributed by atoms with E-state index in [1.165, 1.54) is 4.88 Å². The highest BCUT2D eigenvalue weighted by molar-refractivity contribution is 7.09. The Hall–Kier alpha value is -2.15. The quantitative estimate of drug-likeness (QED) is 0.822. The smallest absolute Gasteiger partial charge is 0.318 e. The van der Waals surface area contributed by atoms with E-state index in [9.17, 15) is 4.79 Å². The molecule has 1 fully saturated rings. The molecule has 25 heavy (non-hydrogen) atoms. The molecule has 0 spiro atoms. The van der Waals surface area contributed by atoms with E-state index >= 15 is 0 Å². The first-order valence-corrected chi connectivity index (χ1v) is 9.53. The van der Waals surface area contributed by atoms with Gasteiger partial charge in [-0.1, -0.05) is 6.07 Å². The van der Waals surface area contributed by atoms with Crippen molar-refractivity contribution in [2.75, 3.05) is 31.6 Å². The third-order valence-electron chi connectivity index (χ3n) is 4.49. The SMILES string of the molecule is COc1nccc(N2CCC(CC(=O)NCCc3cccs3)CC2)n1. The van der Waals surface area contributed by atoms with Crippen molar-refractivity contribution < 1.29 is 9.53 Å². The average Bonchev–Trinajstić information content (AvgIpc) is 3.16. The summed E-state index contributed by atoms with van der Waals surface area (Å²) >= 11 is 1.73. The van der Waals surface area contributed by atoms with Crippen molar-refractivity contribution in [3.63, 3.8) is 0 Å². The summed E-state index contributed by atoms with van der Waals surface area (Å²) in [4.78, 5) is 24.1. The second-order valence-electron chi connectivity index (χ2n) is 6.22. The molecular weight excluding hydrogens is 336 g/mol. The van der Waals surface area contributed by atoms with E-state index in [-0.39, 0.29) is 5.91 Å². The number of hydrogen-bond acceptors (Lipinski definition) is 6. The van der Waals surface area contributed by atoms with Gasteiger partial charge in [-0.2, -0.15) is 4.98 Å². The number of methoxy groups -OCH3 is 1. The monoisotopic (exact) mass is 360 g/mol. The maximum Gasteiger partial charge on any atom is 0.318 e. The number of carbonyl (C=O) groups is 1. The Labute approximate surface area is 152 Å². The second-order valence-corrected chi connectivity index (χ2v) is 7.25. The van der Waals surface area contributed by atoms with Gasteiger partial charge in [0.1, 0.15) is 5.82 Å². The molecule has 1 N–H and O–H groups in total. The zero-order valence-corrected chi connectivity index (χ0v) is 15.3. The summed E-state index contributed by atoms with van der Waals surface area (Å²) in [5.74, 6) is 1.51. The van der Waals surface area contributed by atoms with Gasteiger partial charge in [-0.25, -0.2) is 4.98 Å². The lowest BCUT2D eigenvalue weighted by Crippen LogP contribution is -2.36. The van der Waals surface area contributed by atoms with E-state index < -0.39 is 0 Å². The molecule has 0 radical (unpaired) electrons. The molecule has 3 heterocycles. The number of nitrogens with zero attached hydrogens (tertiary/aromatic N) is 3. The molecule has 7 heteroatoms. The van der Waals surface area contributed by atoms with Crippen molar-refractivity contribution in [3.05, 3.63) is 34.7 Å². The normalized spacial score (nSPS) is 15.2. The van der Waals surface area contributed by atoms with Crippen molar-refractivity contribution in [2.45, 2.75) is 25.7 Å². The Morgan fingerprint density at radius 1 is 1.40 bits per heavy atom. The molecular formula is C18H24N4O2S. The van der Waals surface area contributed by atoms with E-state index in [0.29, 0.717) is 18.3 Å². The molecule has 1 aliphatic heterocycles. The highest BCUT2D eigenvalue weighted by atomic mass is 32.1. The minimum atomic E-state index is 0.165. The largest absolute Gasteiger partial charge is 0.467 e. The van der Waals surface area contributed by atoms with Gasteiger partial charge in [0.15, 0.2) is 0 Å². The van der Waals surface area contributed by atoms with Crippen molar-refractivity contribution in [1.82, 2.24) is 15.3 Å². The summed E-state index contributed by atoms with van der Waals surface area (Å²) in [6, 6.07) is 6.45. The van der Waals surface area contributed by atoms with Gasteiger partial charge in [-0.15, -0.1) is 11.3 Å². The minimum Gasteiger partial charge on any atom is -0.467 e. The van der Waals surface area contributed by atoms with Crippen LogP contribution < -0.4 is 15.0 Å². The van der Waals surface area contributed by atoms with E-state index in [1.807, 2.05) is 12.1 Å². The maximum atomic E-state index is 12.1. The average molecular weight is 360 g/mol. The van der Waals surface area contributed by atoms with Crippen LogP contribution in [-0.4, -0.2) is 42.6 Å². The standard InChI is InChI=1S/C18H24N4O2S/c1-24-18-20-9-5-16(21-18)22-10-6-14(7-11-22)13-17(23)19-8-4-15-3-2-12-25-15/h2-3,5,9,12,14H,4,6-8,10-11,13H2,1H3,(H,19,23). The van der Waals surface area contributed by atoms with Crippen molar-refractivity contribution >= 4 is 23.1 Å². The summed E-state index contributed by atoms with van der Waals surface area (Å²) in [6.07, 6.45) is 5.26. The maximum absolute atomic E-state index is 12.1. The van der Waals surface area contributed by atoms with Gasteiger partial charge in [-0.3, -0.25) is 4.79 Å². The zero-order valence-electron chi connectivity index (χ0n) is 14.5. The number of ether oxygens (including phenoxy) is 1. The molecule has 1 amide bonds. The molecule has 0 saturated carbocycles. The number of carbonyl (C=O) groups excluding carboxylic acids is 1. The molecule has 0 aliphatic carbocycles. The Kier molecular flexibility index (Phi) is 6.22. The Morgan fingerprint density at radius 3 is 2.96 bits per heavy atom. The summed E-state index contributed by atoms with van der Waals surface area (Å²) < 4.78 is 5.08. The summed E-state index contributed by atoms with van der Waals surface area (Å²) in [6.45, 7) is 2.54. The van der Waals surface area contributed by atoms with Crippen LogP contribution >= 0.6 is 11.3 Å². The van der Waals surface area contributed by atoms with Crippen LogP contribution in [-0.2, 0) is 11.2 Å². The minimum absolute atomic E-state index is 0.165. The molecule has 0 unspecified atom stereocenters. The summed E-state index contributed by atoms with van der Waals surface area (Å²) in [5.41, 5.74) is 0. The zero-order chi connectivity index (χ0) is 17.5. The van der Waals surface area contributed by atoms with E-state index in [4.69, 9.17) is 4.74 Å². The van der Waals surface area contributed by atoms with Crippen molar-refractivity contribution in [1.29, 1.82) is 0 Å². The van der Waals surface area contributed by atoms with Crippen LogP contribution in [0.1, 0.15) is 24.1 Å². The molecule has 6 nitrogen and oxygen atoms in total. The van der Waals surface area contributed by atoms with Crippen LogP contribution in [0.5, 0.6) is 6.01 Å². The van der Waals surface area contributed by atoms with E-state index in [0.717, 1.165) is 44.7 Å². The molecule has 2 aromatic rings. The van der Waals surface area contributed by atoms with Crippen molar-refractivity contribution in [2.24, 2.45) is 5.92 Å². The van der Waals surface area contributed by atoms with Gasteiger partial charge in [0.25, 0.3) is 0 Å². The van der Waals surface area contributed by atoms with Gasteiger partial charge in [0.2, 0.25) is 5.91 Å². The third kappa shape index (κ3) is 5.16. The fourth-order valence-corrected chi connectivity index (χ4v) is 3.80. The number of hydrogen-bond donors (Lipinski definition) is 1. The fourth-order valence-electron chi connectivity index (χ4n) is 3.09. The molecule has 134 valence electrons. The van der Waals surface area contributed by atoms with Crippen molar-refractivity contribution in [3.8, 4) is 6.01 Å². The topological polar surface area (TPSA) is 67.3 Å². The lowest BCUT2D eigenvalue weighted by Gasteiger charge is -2.32.